The molecule has 140 valence electrons. The average molecular weight is 371 g/mol. The van der Waals surface area contributed by atoms with Gasteiger partial charge in [0.05, 0.1) is 0 Å². The number of para-hydroxylation sites is 1. The fourth-order valence-electron chi connectivity index (χ4n) is 3.32. The highest BCUT2D eigenvalue weighted by atomic mass is 16.5. The number of anilines is 1. The average Bonchev–Trinajstić information content (AvgIpc) is 3.18. The van der Waals surface area contributed by atoms with Crippen LogP contribution in [0.1, 0.15) is 23.4 Å². The summed E-state index contributed by atoms with van der Waals surface area (Å²) in [6.45, 7) is 3.97. The zero-order valence-electron chi connectivity index (χ0n) is 15.9. The summed E-state index contributed by atoms with van der Waals surface area (Å²) < 4.78 is 5.37. The van der Waals surface area contributed by atoms with Gasteiger partial charge in [0.15, 0.2) is 0 Å². The van der Waals surface area contributed by atoms with E-state index in [9.17, 15) is 4.79 Å². The lowest BCUT2D eigenvalue weighted by Crippen LogP contribution is -2.14. The maximum absolute atomic E-state index is 12.3. The molecule has 0 aliphatic carbocycles. The molecule has 0 saturated carbocycles. The smallest absolute Gasteiger partial charge is 0.227 e. The molecule has 1 heterocycles. The summed E-state index contributed by atoms with van der Waals surface area (Å²) in [6.07, 6.45) is 0.680. The Bertz CT molecular complexity index is 1120. The zero-order valence-corrected chi connectivity index (χ0v) is 15.9. The molecule has 5 heteroatoms. The number of aromatic nitrogens is 2. The van der Waals surface area contributed by atoms with Gasteiger partial charge in [-0.2, -0.15) is 4.98 Å². The van der Waals surface area contributed by atoms with Gasteiger partial charge < -0.3 is 9.84 Å². The molecule has 0 fully saturated rings. The van der Waals surface area contributed by atoms with Crippen LogP contribution in [0.25, 0.3) is 22.2 Å². The van der Waals surface area contributed by atoms with Gasteiger partial charge in [-0.25, -0.2) is 0 Å². The van der Waals surface area contributed by atoms with Crippen LogP contribution in [0.15, 0.2) is 65.2 Å². The Labute approximate surface area is 163 Å². The van der Waals surface area contributed by atoms with Crippen molar-refractivity contribution in [3.05, 3.63) is 77.7 Å². The first kappa shape index (κ1) is 17.9. The van der Waals surface area contributed by atoms with Gasteiger partial charge in [-0.15, -0.1) is 0 Å². The minimum absolute atomic E-state index is 0.0673. The number of amides is 1. The number of nitrogens with one attached hydrogen (secondary N) is 1. The summed E-state index contributed by atoms with van der Waals surface area (Å²) in [5.74, 6) is 0.934. The largest absolute Gasteiger partial charge is 0.339 e. The molecule has 0 spiro atoms. The van der Waals surface area contributed by atoms with Crippen LogP contribution in [0, 0.1) is 13.8 Å². The summed E-state index contributed by atoms with van der Waals surface area (Å²) in [4.78, 5) is 16.8. The van der Waals surface area contributed by atoms with E-state index in [1.165, 1.54) is 0 Å². The SMILES string of the molecule is Cc1cccc(C)c1NC(=O)CCc1nc(-c2cccc3ccccc23)no1. The van der Waals surface area contributed by atoms with E-state index in [0.717, 1.165) is 33.2 Å². The third-order valence-corrected chi connectivity index (χ3v) is 4.81. The lowest BCUT2D eigenvalue weighted by molar-refractivity contribution is -0.116. The molecule has 4 rings (SSSR count). The van der Waals surface area contributed by atoms with E-state index in [2.05, 4.69) is 27.6 Å². The number of hydrogen-bond donors (Lipinski definition) is 1. The van der Waals surface area contributed by atoms with Crippen molar-refractivity contribution in [2.75, 3.05) is 5.32 Å². The molecular weight excluding hydrogens is 350 g/mol. The van der Waals surface area contributed by atoms with Crippen LogP contribution >= 0.6 is 0 Å². The quantitative estimate of drug-likeness (QED) is 0.531. The van der Waals surface area contributed by atoms with Gasteiger partial charge in [0, 0.05) is 24.1 Å². The molecule has 0 bridgehead atoms. The molecular formula is C23H21N3O2. The van der Waals surface area contributed by atoms with Crippen LogP contribution in [0.3, 0.4) is 0 Å². The van der Waals surface area contributed by atoms with Crippen molar-refractivity contribution >= 4 is 22.4 Å². The van der Waals surface area contributed by atoms with Gasteiger partial charge in [-0.3, -0.25) is 4.79 Å². The Morgan fingerprint density at radius 2 is 1.68 bits per heavy atom. The molecule has 3 aromatic carbocycles. The van der Waals surface area contributed by atoms with Crippen LogP contribution in [-0.2, 0) is 11.2 Å². The van der Waals surface area contributed by atoms with Gasteiger partial charge in [0.25, 0.3) is 0 Å². The van der Waals surface area contributed by atoms with Gasteiger partial charge in [0.1, 0.15) is 0 Å². The van der Waals surface area contributed by atoms with E-state index in [1.807, 2.05) is 62.4 Å². The number of carbonyl (C=O) groups is 1. The topological polar surface area (TPSA) is 68.0 Å². The van der Waals surface area contributed by atoms with Crippen molar-refractivity contribution in [2.24, 2.45) is 0 Å². The molecule has 1 N–H and O–H groups in total. The van der Waals surface area contributed by atoms with Gasteiger partial charge in [0.2, 0.25) is 17.6 Å². The van der Waals surface area contributed by atoms with Crippen molar-refractivity contribution < 1.29 is 9.32 Å². The number of nitrogens with zero attached hydrogens (tertiary/aromatic N) is 2. The summed E-state index contributed by atoms with van der Waals surface area (Å²) >= 11 is 0. The number of fused-ring (bicyclic) bond motifs is 1. The molecule has 0 atom stereocenters. The predicted molar refractivity (Wildman–Crippen MR) is 110 cm³/mol. The van der Waals surface area contributed by atoms with E-state index >= 15 is 0 Å². The van der Waals surface area contributed by atoms with Crippen molar-refractivity contribution in [1.82, 2.24) is 10.1 Å². The lowest BCUT2D eigenvalue weighted by atomic mass is 10.0. The summed E-state index contributed by atoms with van der Waals surface area (Å²) in [5.41, 5.74) is 3.89. The first-order valence-corrected chi connectivity index (χ1v) is 9.28. The number of rotatable bonds is 5. The third kappa shape index (κ3) is 3.64. The van der Waals surface area contributed by atoms with E-state index in [4.69, 9.17) is 4.52 Å². The summed E-state index contributed by atoms with van der Waals surface area (Å²) in [6, 6.07) is 20.0. The summed E-state index contributed by atoms with van der Waals surface area (Å²) in [7, 11) is 0. The second-order valence-corrected chi connectivity index (χ2v) is 6.85. The maximum atomic E-state index is 12.3. The molecule has 0 radical (unpaired) electrons. The predicted octanol–water partition coefficient (Wildman–Crippen LogP) is 5.08. The zero-order chi connectivity index (χ0) is 19.5. The minimum Gasteiger partial charge on any atom is -0.339 e. The standard InChI is InChI=1S/C23H21N3O2/c1-15-7-5-8-16(2)22(15)24-20(27)13-14-21-25-23(26-28-21)19-12-6-10-17-9-3-4-11-18(17)19/h3-12H,13-14H2,1-2H3,(H,24,27). The molecule has 4 aromatic rings. The fourth-order valence-corrected chi connectivity index (χ4v) is 3.32. The molecule has 1 aromatic heterocycles. The number of hydrogen-bond acceptors (Lipinski definition) is 4. The van der Waals surface area contributed by atoms with Crippen LogP contribution in [0.5, 0.6) is 0 Å². The van der Waals surface area contributed by atoms with Gasteiger partial charge in [-0.05, 0) is 35.7 Å². The number of carbonyl (C=O) groups excluding carboxylic acids is 1. The lowest BCUT2D eigenvalue weighted by Gasteiger charge is -2.10. The van der Waals surface area contributed by atoms with Crippen molar-refractivity contribution in [2.45, 2.75) is 26.7 Å². The second-order valence-electron chi connectivity index (χ2n) is 6.85. The molecule has 0 unspecified atom stereocenters. The minimum atomic E-state index is -0.0673. The highest BCUT2D eigenvalue weighted by Crippen LogP contribution is 2.26. The van der Waals surface area contributed by atoms with Crippen molar-refractivity contribution in [3.63, 3.8) is 0 Å². The van der Waals surface area contributed by atoms with E-state index in [1.54, 1.807) is 0 Å². The van der Waals surface area contributed by atoms with E-state index in [0.29, 0.717) is 18.1 Å². The fraction of sp³-hybridized carbons (Fsp3) is 0.174. The highest BCUT2D eigenvalue weighted by Gasteiger charge is 2.13. The molecule has 0 aliphatic heterocycles. The highest BCUT2D eigenvalue weighted by molar-refractivity contribution is 5.95. The van der Waals surface area contributed by atoms with Crippen LogP contribution in [0.2, 0.25) is 0 Å². The van der Waals surface area contributed by atoms with Gasteiger partial charge >= 0.3 is 0 Å². The van der Waals surface area contributed by atoms with Crippen molar-refractivity contribution in [3.8, 4) is 11.4 Å². The van der Waals surface area contributed by atoms with Gasteiger partial charge in [-0.1, -0.05) is 65.8 Å². The number of benzene rings is 3. The Morgan fingerprint density at radius 1 is 0.964 bits per heavy atom. The molecule has 28 heavy (non-hydrogen) atoms. The molecule has 0 aliphatic rings. The summed E-state index contributed by atoms with van der Waals surface area (Å²) in [5, 5.41) is 9.29. The molecule has 0 saturated heterocycles. The van der Waals surface area contributed by atoms with Crippen LogP contribution in [-0.4, -0.2) is 16.0 Å². The normalized spacial score (nSPS) is 10.9. The van der Waals surface area contributed by atoms with Crippen molar-refractivity contribution in [1.29, 1.82) is 0 Å². The molecule has 1 amide bonds. The molecule has 5 nitrogen and oxygen atoms in total. The second kappa shape index (κ2) is 7.64. The first-order chi connectivity index (χ1) is 13.6. The third-order valence-electron chi connectivity index (χ3n) is 4.81. The monoisotopic (exact) mass is 371 g/mol. The number of aryl methyl sites for hydroxylation is 3. The van der Waals surface area contributed by atoms with Crippen LogP contribution in [0.4, 0.5) is 5.69 Å². The Balaban J connectivity index is 1.46. The van der Waals surface area contributed by atoms with E-state index < -0.39 is 0 Å². The Morgan fingerprint density at radius 3 is 2.50 bits per heavy atom. The maximum Gasteiger partial charge on any atom is 0.227 e. The Kier molecular flexibility index (Phi) is 4.89. The van der Waals surface area contributed by atoms with Crippen LogP contribution < -0.4 is 5.32 Å². The van der Waals surface area contributed by atoms with E-state index in [-0.39, 0.29) is 12.3 Å². The first-order valence-electron chi connectivity index (χ1n) is 9.28. The Hall–Kier alpha value is -3.47.